The predicted molar refractivity (Wildman–Crippen MR) is 138 cm³/mol. The third-order valence-electron chi connectivity index (χ3n) is 6.36. The summed E-state index contributed by atoms with van der Waals surface area (Å²) in [6, 6.07) is 23.8. The largest absolute Gasteiger partial charge is 0.497 e. The first-order valence-electron chi connectivity index (χ1n) is 11.8. The first-order chi connectivity index (χ1) is 17.5. The highest BCUT2D eigenvalue weighted by Crippen LogP contribution is 2.30. The molecule has 186 valence electrons. The van der Waals surface area contributed by atoms with E-state index in [1.54, 1.807) is 25.2 Å². The molecular formula is C29H30N2O5. The van der Waals surface area contributed by atoms with Crippen LogP contribution >= 0.6 is 0 Å². The van der Waals surface area contributed by atoms with Gasteiger partial charge < -0.3 is 19.5 Å². The van der Waals surface area contributed by atoms with Crippen molar-refractivity contribution in [3.05, 3.63) is 102 Å². The average Bonchev–Trinajstić information content (AvgIpc) is 3.07. The highest BCUT2D eigenvalue weighted by Gasteiger charge is 2.35. The smallest absolute Gasteiger partial charge is 0.408 e. The standard InChI is InChI=1S/C29H30N2O5/c1-35-25-15-13-24(27(17-25)36-2)20-30-19-23(22-11-7-4-8-12-22)14-16-26(28(30)32)31(29(33)34)18-21-9-5-3-6-10-21/h3-15,17,26H,16,18-20H2,1-2H3,(H,33,34)/t26-/m1/s1. The van der Waals surface area contributed by atoms with Crippen molar-refractivity contribution in [1.29, 1.82) is 0 Å². The molecule has 0 unspecified atom stereocenters. The van der Waals surface area contributed by atoms with Crippen LogP contribution in [0.4, 0.5) is 4.79 Å². The predicted octanol–water partition coefficient (Wildman–Crippen LogP) is 5.07. The van der Waals surface area contributed by atoms with E-state index in [-0.39, 0.29) is 19.0 Å². The first-order valence-corrected chi connectivity index (χ1v) is 11.8. The molecule has 0 radical (unpaired) electrons. The van der Waals surface area contributed by atoms with Crippen LogP contribution in [0.15, 0.2) is 84.9 Å². The lowest BCUT2D eigenvalue weighted by Gasteiger charge is -2.32. The summed E-state index contributed by atoms with van der Waals surface area (Å²) in [5.41, 5.74) is 3.61. The van der Waals surface area contributed by atoms with Crippen LogP contribution in [0.25, 0.3) is 5.57 Å². The van der Waals surface area contributed by atoms with E-state index in [2.05, 4.69) is 0 Å². The van der Waals surface area contributed by atoms with Gasteiger partial charge in [0.05, 0.1) is 14.2 Å². The molecule has 3 aromatic carbocycles. The van der Waals surface area contributed by atoms with Crippen molar-refractivity contribution in [3.8, 4) is 11.5 Å². The van der Waals surface area contributed by atoms with Gasteiger partial charge in [-0.3, -0.25) is 9.69 Å². The molecule has 4 rings (SSSR count). The molecule has 0 fully saturated rings. The lowest BCUT2D eigenvalue weighted by atomic mass is 10.0. The van der Waals surface area contributed by atoms with E-state index < -0.39 is 12.1 Å². The Kier molecular flexibility index (Phi) is 7.90. The number of carbonyl (C=O) groups is 2. The van der Waals surface area contributed by atoms with Gasteiger partial charge in [0.25, 0.3) is 0 Å². The molecule has 0 saturated carbocycles. The monoisotopic (exact) mass is 486 g/mol. The number of carboxylic acid groups (broad SMARTS) is 1. The average molecular weight is 487 g/mol. The second-order valence-electron chi connectivity index (χ2n) is 8.62. The Morgan fingerprint density at radius 3 is 2.33 bits per heavy atom. The Bertz CT molecular complexity index is 1230. The highest BCUT2D eigenvalue weighted by atomic mass is 16.5. The van der Waals surface area contributed by atoms with E-state index in [1.807, 2.05) is 78.9 Å². The number of rotatable bonds is 8. The molecule has 1 aliphatic rings. The highest BCUT2D eigenvalue weighted by molar-refractivity contribution is 5.88. The van der Waals surface area contributed by atoms with Crippen molar-refractivity contribution in [2.24, 2.45) is 0 Å². The van der Waals surface area contributed by atoms with Crippen LogP contribution < -0.4 is 9.47 Å². The SMILES string of the molecule is COc1ccc(CN2CC(c3ccccc3)=CC[C@@H](N(Cc3ccccc3)C(=O)O)C2=O)c(OC)c1. The molecule has 2 amide bonds. The van der Waals surface area contributed by atoms with E-state index in [1.165, 1.54) is 4.90 Å². The Balaban J connectivity index is 1.70. The van der Waals surface area contributed by atoms with Crippen LogP contribution in [0.5, 0.6) is 11.5 Å². The van der Waals surface area contributed by atoms with Crippen molar-refractivity contribution in [2.45, 2.75) is 25.6 Å². The Labute approximate surface area is 211 Å². The Morgan fingerprint density at radius 1 is 1.00 bits per heavy atom. The van der Waals surface area contributed by atoms with Gasteiger partial charge in [0.1, 0.15) is 17.5 Å². The molecule has 7 heteroatoms. The third kappa shape index (κ3) is 5.68. The minimum atomic E-state index is -1.13. The molecule has 0 saturated heterocycles. The van der Waals surface area contributed by atoms with Gasteiger partial charge in [-0.2, -0.15) is 0 Å². The summed E-state index contributed by atoms with van der Waals surface area (Å²) in [7, 11) is 3.16. The summed E-state index contributed by atoms with van der Waals surface area (Å²) in [5.74, 6) is 1.02. The molecule has 0 bridgehead atoms. The fourth-order valence-electron chi connectivity index (χ4n) is 4.45. The van der Waals surface area contributed by atoms with Crippen LogP contribution in [0, 0.1) is 0 Å². The molecule has 0 spiro atoms. The maximum Gasteiger partial charge on any atom is 0.408 e. The summed E-state index contributed by atoms with van der Waals surface area (Å²) >= 11 is 0. The van der Waals surface area contributed by atoms with Gasteiger partial charge in [-0.05, 0) is 35.3 Å². The number of amides is 2. The number of benzene rings is 3. The maximum absolute atomic E-state index is 13.9. The van der Waals surface area contributed by atoms with Crippen molar-refractivity contribution in [2.75, 3.05) is 20.8 Å². The van der Waals surface area contributed by atoms with Crippen LogP contribution in [0.2, 0.25) is 0 Å². The number of hydrogen-bond donors (Lipinski definition) is 1. The van der Waals surface area contributed by atoms with Gasteiger partial charge >= 0.3 is 6.09 Å². The Hall–Kier alpha value is -4.26. The van der Waals surface area contributed by atoms with Crippen LogP contribution in [-0.2, 0) is 17.9 Å². The van der Waals surface area contributed by atoms with E-state index in [4.69, 9.17) is 9.47 Å². The van der Waals surface area contributed by atoms with Crippen molar-refractivity contribution in [1.82, 2.24) is 9.80 Å². The first kappa shape index (κ1) is 24.9. The number of carbonyl (C=O) groups excluding carboxylic acids is 1. The summed E-state index contributed by atoms with van der Waals surface area (Å²) < 4.78 is 10.9. The molecule has 0 aliphatic carbocycles. The molecule has 0 aromatic heterocycles. The molecular weight excluding hydrogens is 456 g/mol. The molecule has 36 heavy (non-hydrogen) atoms. The van der Waals surface area contributed by atoms with Gasteiger partial charge in [-0.15, -0.1) is 0 Å². The lowest BCUT2D eigenvalue weighted by molar-refractivity contribution is -0.136. The number of nitrogens with zero attached hydrogens (tertiary/aromatic N) is 2. The number of hydrogen-bond acceptors (Lipinski definition) is 4. The van der Waals surface area contributed by atoms with Gasteiger partial charge in [0, 0.05) is 31.3 Å². The van der Waals surface area contributed by atoms with Crippen LogP contribution in [-0.4, -0.2) is 53.7 Å². The van der Waals surface area contributed by atoms with Gasteiger partial charge in [-0.25, -0.2) is 4.79 Å². The minimum Gasteiger partial charge on any atom is -0.497 e. The van der Waals surface area contributed by atoms with Gasteiger partial charge in [0.2, 0.25) is 5.91 Å². The van der Waals surface area contributed by atoms with E-state index in [9.17, 15) is 14.7 Å². The fraction of sp³-hybridized carbons (Fsp3) is 0.241. The third-order valence-corrected chi connectivity index (χ3v) is 6.36. The van der Waals surface area contributed by atoms with Gasteiger partial charge in [-0.1, -0.05) is 66.7 Å². The second kappa shape index (κ2) is 11.4. The summed E-state index contributed by atoms with van der Waals surface area (Å²) in [5, 5.41) is 10.1. The van der Waals surface area contributed by atoms with Crippen LogP contribution in [0.3, 0.4) is 0 Å². The summed E-state index contributed by atoms with van der Waals surface area (Å²) in [6.07, 6.45) is 1.15. The zero-order valence-electron chi connectivity index (χ0n) is 20.5. The molecule has 3 aromatic rings. The quantitative estimate of drug-likeness (QED) is 0.481. The van der Waals surface area contributed by atoms with Gasteiger partial charge in [0.15, 0.2) is 0 Å². The minimum absolute atomic E-state index is 0.126. The van der Waals surface area contributed by atoms with Crippen LogP contribution in [0.1, 0.15) is 23.1 Å². The Morgan fingerprint density at radius 2 is 1.69 bits per heavy atom. The number of ether oxygens (including phenoxy) is 2. The van der Waals surface area contributed by atoms with Crippen molar-refractivity contribution >= 4 is 17.6 Å². The molecule has 1 atom stereocenters. The lowest BCUT2D eigenvalue weighted by Crippen LogP contribution is -2.49. The second-order valence-corrected chi connectivity index (χ2v) is 8.62. The molecule has 7 nitrogen and oxygen atoms in total. The van der Waals surface area contributed by atoms with E-state index >= 15 is 0 Å². The maximum atomic E-state index is 13.9. The molecule has 1 aliphatic heterocycles. The van der Waals surface area contributed by atoms with Crippen molar-refractivity contribution in [3.63, 3.8) is 0 Å². The molecule has 1 N–H and O–H groups in total. The zero-order chi connectivity index (χ0) is 25.5. The topological polar surface area (TPSA) is 79.3 Å². The zero-order valence-corrected chi connectivity index (χ0v) is 20.5. The fourth-order valence-corrected chi connectivity index (χ4v) is 4.45. The summed E-state index contributed by atoms with van der Waals surface area (Å²) in [4.78, 5) is 29.2. The van der Waals surface area contributed by atoms with E-state index in [0.29, 0.717) is 24.5 Å². The normalized spacial score (nSPS) is 15.6. The summed E-state index contributed by atoms with van der Waals surface area (Å²) in [6.45, 7) is 0.750. The molecule has 1 heterocycles. The van der Waals surface area contributed by atoms with Crippen molar-refractivity contribution < 1.29 is 24.2 Å². The van der Waals surface area contributed by atoms with E-state index in [0.717, 1.165) is 22.3 Å². The number of methoxy groups -OCH3 is 2.